The largest absolute Gasteiger partial charge is 0.347 e. The van der Waals surface area contributed by atoms with E-state index in [1.807, 2.05) is 6.92 Å². The molecule has 2 saturated heterocycles. The Kier molecular flexibility index (Phi) is 4.55. The van der Waals surface area contributed by atoms with E-state index in [-0.39, 0.29) is 29.5 Å². The van der Waals surface area contributed by atoms with Crippen molar-refractivity contribution < 1.29 is 13.2 Å². The van der Waals surface area contributed by atoms with Crippen molar-refractivity contribution >= 4 is 15.7 Å². The number of aromatic nitrogens is 4. The highest BCUT2D eigenvalue weighted by Crippen LogP contribution is 2.29. The Morgan fingerprint density at radius 1 is 1.30 bits per heavy atom. The minimum atomic E-state index is -3.18. The number of carbonyl (C=O) groups excluding carboxylic acids is 1. The summed E-state index contributed by atoms with van der Waals surface area (Å²) < 4.78 is 26.3. The van der Waals surface area contributed by atoms with Crippen LogP contribution in [0.15, 0.2) is 18.6 Å². The highest BCUT2D eigenvalue weighted by Gasteiger charge is 2.48. The zero-order chi connectivity index (χ0) is 19.2. The van der Waals surface area contributed by atoms with Crippen molar-refractivity contribution in [3.63, 3.8) is 0 Å². The third-order valence-electron chi connectivity index (χ3n) is 5.49. The number of imidazole rings is 1. The van der Waals surface area contributed by atoms with E-state index < -0.39 is 9.84 Å². The lowest BCUT2D eigenvalue weighted by Gasteiger charge is -2.43. The van der Waals surface area contributed by atoms with E-state index in [1.165, 1.54) is 0 Å². The summed E-state index contributed by atoms with van der Waals surface area (Å²) in [6, 6.07) is 1.27. The second-order valence-electron chi connectivity index (χ2n) is 7.26. The third kappa shape index (κ3) is 3.39. The zero-order valence-electron chi connectivity index (χ0n) is 15.5. The number of nitrogens with one attached hydrogen (secondary N) is 1. The van der Waals surface area contributed by atoms with Gasteiger partial charge in [-0.15, -0.1) is 0 Å². The Hall–Kier alpha value is -2.20. The molecule has 27 heavy (non-hydrogen) atoms. The predicted molar refractivity (Wildman–Crippen MR) is 98.9 cm³/mol. The van der Waals surface area contributed by atoms with Crippen molar-refractivity contribution in [3.8, 4) is 0 Å². The molecule has 4 heterocycles. The van der Waals surface area contributed by atoms with Gasteiger partial charge in [-0.1, -0.05) is 6.92 Å². The number of aryl methyl sites for hydroxylation is 2. The van der Waals surface area contributed by atoms with E-state index in [0.717, 1.165) is 17.8 Å². The molecular weight excluding hydrogens is 368 g/mol. The van der Waals surface area contributed by atoms with Crippen LogP contribution < -0.4 is 0 Å². The molecule has 2 aliphatic rings. The van der Waals surface area contributed by atoms with E-state index in [2.05, 4.69) is 20.0 Å². The van der Waals surface area contributed by atoms with E-state index in [1.54, 1.807) is 35.2 Å². The summed E-state index contributed by atoms with van der Waals surface area (Å²) in [5, 5.41) is 4.35. The maximum Gasteiger partial charge on any atom is 0.272 e. The van der Waals surface area contributed by atoms with E-state index in [9.17, 15) is 13.2 Å². The molecular formula is C17H24N6O3S. The van der Waals surface area contributed by atoms with Crippen molar-refractivity contribution in [1.82, 2.24) is 29.5 Å². The number of sulfone groups is 1. The van der Waals surface area contributed by atoms with Crippen LogP contribution in [-0.4, -0.2) is 80.6 Å². The lowest BCUT2D eigenvalue weighted by Crippen LogP contribution is -2.60. The van der Waals surface area contributed by atoms with Crippen LogP contribution in [0.4, 0.5) is 0 Å². The monoisotopic (exact) mass is 392 g/mol. The van der Waals surface area contributed by atoms with E-state index in [0.29, 0.717) is 25.3 Å². The third-order valence-corrected chi connectivity index (χ3v) is 7.19. The number of H-pyrrole nitrogens is 1. The summed E-state index contributed by atoms with van der Waals surface area (Å²) >= 11 is 0. The van der Waals surface area contributed by atoms with Crippen LogP contribution in [0.3, 0.4) is 0 Å². The lowest BCUT2D eigenvalue weighted by molar-refractivity contribution is 0.0294. The maximum atomic E-state index is 13.2. The highest BCUT2D eigenvalue weighted by molar-refractivity contribution is 7.91. The van der Waals surface area contributed by atoms with Crippen LogP contribution in [0, 0.1) is 0 Å². The average Bonchev–Trinajstić information content (AvgIpc) is 3.32. The molecule has 0 aromatic carbocycles. The Balaban J connectivity index is 1.60. The number of rotatable bonds is 4. The van der Waals surface area contributed by atoms with Crippen LogP contribution in [0.2, 0.25) is 0 Å². The second kappa shape index (κ2) is 6.75. The molecule has 0 radical (unpaired) electrons. The first kappa shape index (κ1) is 18.2. The summed E-state index contributed by atoms with van der Waals surface area (Å²) in [6.07, 6.45) is 4.11. The van der Waals surface area contributed by atoms with Crippen LogP contribution in [0.5, 0.6) is 0 Å². The summed E-state index contributed by atoms with van der Waals surface area (Å²) in [5.74, 6) is -0.0410. The molecule has 2 aromatic rings. The van der Waals surface area contributed by atoms with Gasteiger partial charge in [0.25, 0.3) is 5.91 Å². The van der Waals surface area contributed by atoms with Crippen LogP contribution in [-0.2, 0) is 29.9 Å². The predicted octanol–water partition coefficient (Wildman–Crippen LogP) is -0.171. The molecule has 2 aromatic heterocycles. The number of amides is 1. The molecule has 0 saturated carbocycles. The van der Waals surface area contributed by atoms with Crippen molar-refractivity contribution in [1.29, 1.82) is 0 Å². The van der Waals surface area contributed by atoms with Gasteiger partial charge in [0.2, 0.25) is 0 Å². The molecule has 0 bridgehead atoms. The Morgan fingerprint density at radius 3 is 2.74 bits per heavy atom. The molecule has 1 amide bonds. The topological polar surface area (TPSA) is 104 Å². The van der Waals surface area contributed by atoms with Gasteiger partial charge >= 0.3 is 0 Å². The molecule has 146 valence electrons. The molecule has 2 atom stereocenters. The first-order valence-corrected chi connectivity index (χ1v) is 11.0. The second-order valence-corrected chi connectivity index (χ2v) is 9.41. The molecule has 0 unspecified atom stereocenters. The van der Waals surface area contributed by atoms with Gasteiger partial charge in [0, 0.05) is 44.6 Å². The molecule has 2 fully saturated rings. The maximum absolute atomic E-state index is 13.2. The van der Waals surface area contributed by atoms with E-state index in [4.69, 9.17) is 0 Å². The first-order chi connectivity index (χ1) is 12.9. The van der Waals surface area contributed by atoms with Gasteiger partial charge in [-0.3, -0.25) is 14.4 Å². The number of aromatic amines is 1. The first-order valence-electron chi connectivity index (χ1n) is 9.13. The molecule has 1 N–H and O–H groups in total. The standard InChI is InChI=1S/C17H24N6O3S/c1-3-12-6-14(21(2)20-12)17(24)23-5-4-22(8-13-7-18-11-19-13)15-9-27(25,26)10-16(15)23/h6-7,11,15-16H,3-5,8-10H2,1-2H3,(H,18,19)/t15-,16+/m1/s1. The minimum absolute atomic E-state index is 0.0152. The minimum Gasteiger partial charge on any atom is -0.347 e. The van der Waals surface area contributed by atoms with Gasteiger partial charge < -0.3 is 9.88 Å². The molecule has 4 rings (SSSR count). The number of carbonyl (C=O) groups is 1. The Bertz CT molecular complexity index is 936. The summed E-state index contributed by atoms with van der Waals surface area (Å²) in [5.41, 5.74) is 2.31. The van der Waals surface area contributed by atoms with Crippen molar-refractivity contribution in [2.45, 2.75) is 32.0 Å². The fraction of sp³-hybridized carbons (Fsp3) is 0.588. The fourth-order valence-corrected chi connectivity index (χ4v) is 6.12. The van der Waals surface area contributed by atoms with Gasteiger partial charge in [-0.05, 0) is 12.5 Å². The number of piperazine rings is 1. The SMILES string of the molecule is CCc1cc(C(=O)N2CCN(Cc3cnc[nH]3)[C@@H]3CS(=O)(=O)C[C@@H]32)n(C)n1. The summed E-state index contributed by atoms with van der Waals surface area (Å²) in [7, 11) is -1.43. The number of nitrogens with zero attached hydrogens (tertiary/aromatic N) is 5. The number of hydrogen-bond acceptors (Lipinski definition) is 6. The molecule has 0 aliphatic carbocycles. The van der Waals surface area contributed by atoms with Gasteiger partial charge in [-0.2, -0.15) is 5.10 Å². The van der Waals surface area contributed by atoms with Gasteiger partial charge in [0.1, 0.15) is 5.69 Å². The average molecular weight is 392 g/mol. The lowest BCUT2D eigenvalue weighted by atomic mass is 10.0. The molecule has 9 nitrogen and oxygen atoms in total. The molecule has 2 aliphatic heterocycles. The Labute approximate surface area is 158 Å². The quantitative estimate of drug-likeness (QED) is 0.775. The zero-order valence-corrected chi connectivity index (χ0v) is 16.3. The van der Waals surface area contributed by atoms with Crippen LogP contribution in [0.25, 0.3) is 0 Å². The van der Waals surface area contributed by atoms with Gasteiger partial charge in [0.15, 0.2) is 9.84 Å². The van der Waals surface area contributed by atoms with Crippen molar-refractivity contribution in [3.05, 3.63) is 35.7 Å². The highest BCUT2D eigenvalue weighted by atomic mass is 32.2. The van der Waals surface area contributed by atoms with Crippen molar-refractivity contribution in [2.75, 3.05) is 24.6 Å². The fourth-order valence-electron chi connectivity index (χ4n) is 4.11. The number of fused-ring (bicyclic) bond motifs is 1. The number of hydrogen-bond donors (Lipinski definition) is 1. The van der Waals surface area contributed by atoms with E-state index >= 15 is 0 Å². The smallest absolute Gasteiger partial charge is 0.272 e. The van der Waals surface area contributed by atoms with Crippen LogP contribution >= 0.6 is 0 Å². The Morgan fingerprint density at radius 2 is 2.07 bits per heavy atom. The van der Waals surface area contributed by atoms with Gasteiger partial charge in [0.05, 0.1) is 29.6 Å². The summed E-state index contributed by atoms with van der Waals surface area (Å²) in [4.78, 5) is 24.1. The molecule has 0 spiro atoms. The van der Waals surface area contributed by atoms with Crippen molar-refractivity contribution in [2.24, 2.45) is 7.05 Å². The summed E-state index contributed by atoms with van der Waals surface area (Å²) in [6.45, 7) is 3.71. The normalized spacial score (nSPS) is 24.9. The van der Waals surface area contributed by atoms with Crippen LogP contribution in [0.1, 0.15) is 28.8 Å². The van der Waals surface area contributed by atoms with Gasteiger partial charge in [-0.25, -0.2) is 13.4 Å². The molecule has 10 heteroatoms.